The molecule has 2 bridgehead atoms. The quantitative estimate of drug-likeness (QED) is 0.658. The van der Waals surface area contributed by atoms with Crippen LogP contribution in [-0.2, 0) is 19.2 Å². The monoisotopic (exact) mass is 453 g/mol. The Labute approximate surface area is 193 Å². The van der Waals surface area contributed by atoms with Gasteiger partial charge in [-0.15, -0.1) is 0 Å². The molecule has 0 spiro atoms. The first-order valence-corrected chi connectivity index (χ1v) is 12.7. The summed E-state index contributed by atoms with van der Waals surface area (Å²) in [6.07, 6.45) is 8.40. The standard InChI is InChI=1S/C24H43N3O5/c1-17-14-21(26(2)3)23(28)24(30-17)31-19-9-7-5-4-6-8-18-10-12-27-13-11-25-22(15-20(18)27)32-29-16-19/h17-21,23-24,28H,4-16H2,1-3H3/t17-,18?,19?,20?,21+,23-,24+/m1/s1. The minimum absolute atomic E-state index is 0.0158. The van der Waals surface area contributed by atoms with Crippen LogP contribution in [0.4, 0.5) is 0 Å². The van der Waals surface area contributed by atoms with Gasteiger partial charge in [0.2, 0.25) is 5.90 Å². The van der Waals surface area contributed by atoms with Crippen LogP contribution in [0.25, 0.3) is 0 Å². The fourth-order valence-corrected chi connectivity index (χ4v) is 5.85. The van der Waals surface area contributed by atoms with Gasteiger partial charge in [0.1, 0.15) is 12.7 Å². The fourth-order valence-electron chi connectivity index (χ4n) is 5.85. The van der Waals surface area contributed by atoms with Crippen molar-refractivity contribution in [2.45, 2.75) is 101 Å². The fraction of sp³-hybridized carbons (Fsp3) is 0.958. The number of nitrogens with zero attached hydrogens (tertiary/aromatic N) is 3. The summed E-state index contributed by atoms with van der Waals surface area (Å²) in [5.41, 5.74) is 0. The normalized spacial score (nSPS) is 40.3. The van der Waals surface area contributed by atoms with E-state index in [1.165, 1.54) is 38.6 Å². The van der Waals surface area contributed by atoms with Crippen LogP contribution in [0.15, 0.2) is 4.99 Å². The molecule has 4 aliphatic rings. The Morgan fingerprint density at radius 2 is 1.91 bits per heavy atom. The zero-order valence-electron chi connectivity index (χ0n) is 20.2. The Morgan fingerprint density at radius 1 is 1.09 bits per heavy atom. The third-order valence-corrected chi connectivity index (χ3v) is 7.72. The van der Waals surface area contributed by atoms with Gasteiger partial charge in [-0.05, 0) is 59.2 Å². The average molecular weight is 454 g/mol. The maximum Gasteiger partial charge on any atom is 0.229 e. The summed E-state index contributed by atoms with van der Waals surface area (Å²) in [6, 6.07) is 0.548. The Bertz CT molecular complexity index is 618. The van der Waals surface area contributed by atoms with Gasteiger partial charge in [-0.25, -0.2) is 0 Å². The van der Waals surface area contributed by atoms with E-state index in [1.54, 1.807) is 0 Å². The van der Waals surface area contributed by atoms with E-state index < -0.39 is 12.4 Å². The lowest BCUT2D eigenvalue weighted by Crippen LogP contribution is -2.55. The van der Waals surface area contributed by atoms with Crippen LogP contribution in [0.3, 0.4) is 0 Å². The number of ether oxygens (including phenoxy) is 2. The highest BCUT2D eigenvalue weighted by Gasteiger charge is 2.39. The number of aliphatic hydroxyl groups is 1. The van der Waals surface area contributed by atoms with E-state index >= 15 is 0 Å². The third kappa shape index (κ3) is 6.21. The molecule has 3 fully saturated rings. The molecule has 7 atom stereocenters. The maximum absolute atomic E-state index is 10.8. The van der Waals surface area contributed by atoms with Gasteiger partial charge in [0.05, 0.1) is 18.8 Å². The first-order chi connectivity index (χ1) is 15.5. The summed E-state index contributed by atoms with van der Waals surface area (Å²) in [4.78, 5) is 20.7. The Kier molecular flexibility index (Phi) is 8.81. The Balaban J connectivity index is 1.37. The molecule has 4 rings (SSSR count). The first-order valence-electron chi connectivity index (χ1n) is 12.7. The molecule has 4 aliphatic heterocycles. The molecule has 3 unspecified atom stereocenters. The summed E-state index contributed by atoms with van der Waals surface area (Å²) in [5, 5.41) is 10.8. The molecule has 0 aromatic carbocycles. The van der Waals surface area contributed by atoms with Gasteiger partial charge in [-0.3, -0.25) is 9.89 Å². The Hall–Kier alpha value is -0.770. The van der Waals surface area contributed by atoms with Crippen LogP contribution < -0.4 is 0 Å². The largest absolute Gasteiger partial charge is 0.386 e. The van der Waals surface area contributed by atoms with Crippen LogP contribution in [0.2, 0.25) is 0 Å². The van der Waals surface area contributed by atoms with Gasteiger partial charge in [-0.2, -0.15) is 4.89 Å². The van der Waals surface area contributed by atoms with Crippen molar-refractivity contribution in [3.05, 3.63) is 0 Å². The molecule has 32 heavy (non-hydrogen) atoms. The van der Waals surface area contributed by atoms with Crippen molar-refractivity contribution < 1.29 is 24.4 Å². The predicted molar refractivity (Wildman–Crippen MR) is 122 cm³/mol. The van der Waals surface area contributed by atoms with Gasteiger partial charge in [0, 0.05) is 25.0 Å². The van der Waals surface area contributed by atoms with E-state index in [1.807, 2.05) is 21.0 Å². The van der Waals surface area contributed by atoms with Gasteiger partial charge in [0.15, 0.2) is 6.29 Å². The highest BCUT2D eigenvalue weighted by molar-refractivity contribution is 5.76. The second-order valence-electron chi connectivity index (χ2n) is 10.3. The van der Waals surface area contributed by atoms with Gasteiger partial charge >= 0.3 is 0 Å². The lowest BCUT2D eigenvalue weighted by Gasteiger charge is -2.42. The van der Waals surface area contributed by atoms with E-state index in [0.29, 0.717) is 12.6 Å². The zero-order chi connectivity index (χ0) is 22.5. The van der Waals surface area contributed by atoms with Crippen molar-refractivity contribution in [3.63, 3.8) is 0 Å². The molecule has 0 saturated carbocycles. The van der Waals surface area contributed by atoms with E-state index in [-0.39, 0.29) is 18.2 Å². The van der Waals surface area contributed by atoms with Crippen LogP contribution >= 0.6 is 0 Å². The van der Waals surface area contributed by atoms with E-state index in [2.05, 4.69) is 14.8 Å². The summed E-state index contributed by atoms with van der Waals surface area (Å²) in [6.45, 7) is 5.32. The molecule has 0 amide bonds. The summed E-state index contributed by atoms with van der Waals surface area (Å²) < 4.78 is 12.3. The van der Waals surface area contributed by atoms with E-state index in [9.17, 15) is 5.11 Å². The maximum atomic E-state index is 10.8. The number of likely N-dealkylation sites (N-methyl/N-ethyl adjacent to an activating group) is 1. The second-order valence-corrected chi connectivity index (χ2v) is 10.3. The topological polar surface area (TPSA) is 76.0 Å². The molecule has 4 heterocycles. The molecule has 8 heteroatoms. The molecule has 0 aromatic rings. The SMILES string of the molecule is C[C@@H]1C[C@H](N(C)C)[C@@H](O)[C@H](OC2CCCCCCC3CCN4CCN=C(CC34)OOC2)O1. The number of rotatable bonds is 3. The second kappa shape index (κ2) is 11.6. The van der Waals surface area contributed by atoms with Crippen molar-refractivity contribution in [2.24, 2.45) is 10.9 Å². The molecule has 0 radical (unpaired) electrons. The highest BCUT2D eigenvalue weighted by atomic mass is 17.2. The summed E-state index contributed by atoms with van der Waals surface area (Å²) in [7, 11) is 3.98. The number of fused-ring (bicyclic) bond motifs is 1. The van der Waals surface area contributed by atoms with Crippen molar-refractivity contribution >= 4 is 5.90 Å². The lowest BCUT2D eigenvalue weighted by atomic mass is 9.91. The molecule has 184 valence electrons. The van der Waals surface area contributed by atoms with Crippen molar-refractivity contribution in [1.29, 1.82) is 0 Å². The smallest absolute Gasteiger partial charge is 0.229 e. The summed E-state index contributed by atoms with van der Waals surface area (Å²) >= 11 is 0. The predicted octanol–water partition coefficient (Wildman–Crippen LogP) is 2.59. The van der Waals surface area contributed by atoms with Crippen LogP contribution in [-0.4, -0.2) is 97.8 Å². The third-order valence-electron chi connectivity index (χ3n) is 7.72. The molecule has 0 aromatic heterocycles. The molecule has 3 saturated heterocycles. The number of hydrogen-bond acceptors (Lipinski definition) is 8. The molecule has 1 N–H and O–H groups in total. The van der Waals surface area contributed by atoms with Crippen molar-refractivity contribution in [3.8, 4) is 0 Å². The average Bonchev–Trinajstić information content (AvgIpc) is 3.01. The van der Waals surface area contributed by atoms with Gasteiger partial charge in [-0.1, -0.05) is 25.7 Å². The minimum atomic E-state index is -0.688. The van der Waals surface area contributed by atoms with Crippen molar-refractivity contribution in [1.82, 2.24) is 9.80 Å². The van der Waals surface area contributed by atoms with Crippen molar-refractivity contribution in [2.75, 3.05) is 40.3 Å². The molecule has 8 nitrogen and oxygen atoms in total. The van der Waals surface area contributed by atoms with Gasteiger partial charge in [0.25, 0.3) is 0 Å². The Morgan fingerprint density at radius 3 is 2.72 bits per heavy atom. The highest BCUT2D eigenvalue weighted by Crippen LogP contribution is 2.33. The van der Waals surface area contributed by atoms with Crippen LogP contribution in [0, 0.1) is 5.92 Å². The number of aliphatic imine (C=N–C) groups is 1. The van der Waals surface area contributed by atoms with E-state index in [0.717, 1.165) is 50.6 Å². The molecule has 0 aliphatic carbocycles. The molecular formula is C24H43N3O5. The summed E-state index contributed by atoms with van der Waals surface area (Å²) in [5.74, 6) is 1.47. The minimum Gasteiger partial charge on any atom is -0.386 e. The molecular weight excluding hydrogens is 410 g/mol. The van der Waals surface area contributed by atoms with Gasteiger partial charge < -0.3 is 24.4 Å². The van der Waals surface area contributed by atoms with Crippen LogP contribution in [0.1, 0.15) is 64.7 Å². The number of aliphatic hydroxyl groups excluding tert-OH is 1. The zero-order valence-corrected chi connectivity index (χ0v) is 20.2. The lowest BCUT2D eigenvalue weighted by molar-refractivity contribution is -0.297. The number of hydrogen-bond donors (Lipinski definition) is 1. The van der Waals surface area contributed by atoms with Crippen LogP contribution in [0.5, 0.6) is 0 Å². The van der Waals surface area contributed by atoms with E-state index in [4.69, 9.17) is 19.2 Å². The first kappa shape index (κ1) is 24.4.